The number of hydrogen-bond donors (Lipinski definition) is 1. The quantitative estimate of drug-likeness (QED) is 0.642. The second-order valence-corrected chi connectivity index (χ2v) is 8.14. The highest BCUT2D eigenvalue weighted by Crippen LogP contribution is 2.43. The molecule has 0 bridgehead atoms. The second-order valence-electron chi connectivity index (χ2n) is 7.74. The van der Waals surface area contributed by atoms with Crippen LogP contribution in [0.5, 0.6) is 0 Å². The third kappa shape index (κ3) is 3.39. The van der Waals surface area contributed by atoms with Gasteiger partial charge in [-0.2, -0.15) is 13.2 Å². The summed E-state index contributed by atoms with van der Waals surface area (Å²) in [4.78, 5) is 29.6. The molecule has 1 amide bonds. The van der Waals surface area contributed by atoms with Crippen LogP contribution < -0.4 is 5.32 Å². The van der Waals surface area contributed by atoms with Gasteiger partial charge in [-0.1, -0.05) is 29.8 Å². The fraction of sp³-hybridized carbons (Fsp3) is 0.318. The van der Waals surface area contributed by atoms with Gasteiger partial charge in [0.1, 0.15) is 5.82 Å². The number of fused-ring (bicyclic) bond motifs is 3. The van der Waals surface area contributed by atoms with Crippen molar-refractivity contribution < 1.29 is 22.8 Å². The Morgan fingerprint density at radius 1 is 1.23 bits per heavy atom. The first-order chi connectivity index (χ1) is 14.5. The number of carbonyl (C=O) groups excluding carboxylic acids is 2. The van der Waals surface area contributed by atoms with Crippen LogP contribution in [0.3, 0.4) is 0 Å². The number of alkyl halides is 3. The van der Waals surface area contributed by atoms with Gasteiger partial charge in [-0.25, -0.2) is 4.98 Å². The fourth-order valence-corrected chi connectivity index (χ4v) is 4.20. The average Bonchev–Trinajstić information content (AvgIpc) is 3.15. The first-order valence-electron chi connectivity index (χ1n) is 9.68. The zero-order chi connectivity index (χ0) is 22.6. The summed E-state index contributed by atoms with van der Waals surface area (Å²) in [6.45, 7) is 3.60. The molecule has 0 aliphatic carbocycles. The number of imidazole rings is 1. The molecule has 9 heteroatoms. The van der Waals surface area contributed by atoms with Gasteiger partial charge in [0.15, 0.2) is 5.78 Å². The van der Waals surface area contributed by atoms with E-state index >= 15 is 0 Å². The maximum absolute atomic E-state index is 14.4. The van der Waals surface area contributed by atoms with Crippen LogP contribution in [-0.2, 0) is 28.1 Å². The van der Waals surface area contributed by atoms with E-state index in [9.17, 15) is 22.8 Å². The number of rotatable bonds is 4. The van der Waals surface area contributed by atoms with Crippen molar-refractivity contribution in [3.05, 3.63) is 63.9 Å². The van der Waals surface area contributed by atoms with Crippen molar-refractivity contribution in [2.75, 3.05) is 0 Å². The summed E-state index contributed by atoms with van der Waals surface area (Å²) in [5.41, 5.74) is -0.404. The zero-order valence-corrected chi connectivity index (χ0v) is 17.6. The predicted octanol–water partition coefficient (Wildman–Crippen LogP) is 4.40. The van der Waals surface area contributed by atoms with Crippen molar-refractivity contribution in [2.24, 2.45) is 0 Å². The number of carbonyl (C=O) groups is 2. The molecule has 162 valence electrons. The van der Waals surface area contributed by atoms with E-state index in [2.05, 4.69) is 4.98 Å². The van der Waals surface area contributed by atoms with Crippen molar-refractivity contribution in [3.63, 3.8) is 0 Å². The van der Waals surface area contributed by atoms with Crippen LogP contribution in [0.25, 0.3) is 11.0 Å². The molecule has 3 aromatic rings. The lowest BCUT2D eigenvalue weighted by Crippen LogP contribution is -2.62. The molecule has 5 nitrogen and oxygen atoms in total. The number of amides is 1. The number of hydrogen-bond acceptors (Lipinski definition) is 3. The van der Waals surface area contributed by atoms with Crippen LogP contribution >= 0.6 is 11.6 Å². The lowest BCUT2D eigenvalue weighted by Gasteiger charge is -2.33. The minimum Gasteiger partial charge on any atom is -0.319 e. The Morgan fingerprint density at radius 2 is 1.90 bits per heavy atom. The van der Waals surface area contributed by atoms with Crippen LogP contribution in [0.4, 0.5) is 13.2 Å². The Balaban J connectivity index is 1.74. The lowest BCUT2D eigenvalue weighted by molar-refractivity contribution is -0.218. The smallest absolute Gasteiger partial charge is 0.319 e. The van der Waals surface area contributed by atoms with Crippen LogP contribution in [0.1, 0.15) is 28.9 Å². The number of aryl methyl sites for hydroxylation is 3. The lowest BCUT2D eigenvalue weighted by atomic mass is 10.0. The van der Waals surface area contributed by atoms with Crippen LogP contribution in [0, 0.1) is 13.8 Å². The molecule has 0 saturated carbocycles. The van der Waals surface area contributed by atoms with Gasteiger partial charge in [0, 0.05) is 11.4 Å². The largest absolute Gasteiger partial charge is 0.438 e. The number of nitrogens with zero attached hydrogens (tertiary/aromatic N) is 2. The van der Waals surface area contributed by atoms with E-state index in [4.69, 9.17) is 11.6 Å². The van der Waals surface area contributed by atoms with Crippen molar-refractivity contribution in [2.45, 2.75) is 44.9 Å². The Kier molecular flexibility index (Phi) is 5.08. The van der Waals surface area contributed by atoms with Crippen molar-refractivity contribution in [1.82, 2.24) is 14.9 Å². The zero-order valence-electron chi connectivity index (χ0n) is 16.8. The number of benzene rings is 2. The van der Waals surface area contributed by atoms with Gasteiger partial charge in [0.05, 0.1) is 17.5 Å². The third-order valence-electron chi connectivity index (χ3n) is 5.71. The van der Waals surface area contributed by atoms with Crippen LogP contribution in [-0.4, -0.2) is 27.4 Å². The Hall–Kier alpha value is -2.87. The summed E-state index contributed by atoms with van der Waals surface area (Å²) in [5, 5.41) is 2.43. The van der Waals surface area contributed by atoms with Gasteiger partial charge >= 0.3 is 6.18 Å². The summed E-state index contributed by atoms with van der Waals surface area (Å²) in [6, 6.07) is 10.0. The minimum atomic E-state index is -5.05. The monoisotopic (exact) mass is 449 g/mol. The van der Waals surface area contributed by atoms with Gasteiger partial charge in [0.2, 0.25) is 5.91 Å². The highest BCUT2D eigenvalue weighted by atomic mass is 35.5. The molecule has 1 aliphatic heterocycles. The highest BCUT2D eigenvalue weighted by Gasteiger charge is 2.66. The highest BCUT2D eigenvalue weighted by molar-refractivity contribution is 6.31. The van der Waals surface area contributed by atoms with Gasteiger partial charge in [-0.15, -0.1) is 0 Å². The molecular weight excluding hydrogens is 431 g/mol. The Labute approximate surface area is 181 Å². The van der Waals surface area contributed by atoms with E-state index in [1.54, 1.807) is 43.3 Å². The van der Waals surface area contributed by atoms with E-state index in [-0.39, 0.29) is 24.2 Å². The topological polar surface area (TPSA) is 64.0 Å². The first-order valence-corrected chi connectivity index (χ1v) is 10.1. The summed E-state index contributed by atoms with van der Waals surface area (Å²) < 4.78 is 44.1. The maximum atomic E-state index is 14.4. The first kappa shape index (κ1) is 21.4. The third-order valence-corrected chi connectivity index (χ3v) is 6.08. The maximum Gasteiger partial charge on any atom is 0.438 e. The van der Waals surface area contributed by atoms with E-state index < -0.39 is 30.0 Å². The second kappa shape index (κ2) is 7.37. The van der Waals surface area contributed by atoms with Crippen molar-refractivity contribution in [1.29, 1.82) is 0 Å². The summed E-state index contributed by atoms with van der Waals surface area (Å²) in [7, 11) is 0. The molecule has 4 rings (SSSR count). The number of Topliss-reactive ketones (excluding diaryl/α,β-unsaturated/α-hetero) is 1. The van der Waals surface area contributed by atoms with Gasteiger partial charge in [-0.05, 0) is 55.2 Å². The number of ketones is 1. The average molecular weight is 450 g/mol. The molecular formula is C22H19ClF3N3O2. The fourth-order valence-electron chi connectivity index (χ4n) is 3.97. The normalized spacial score (nSPS) is 18.5. The molecule has 0 saturated heterocycles. The van der Waals surface area contributed by atoms with E-state index in [0.29, 0.717) is 16.1 Å². The van der Waals surface area contributed by atoms with Crippen LogP contribution in [0.15, 0.2) is 36.4 Å². The number of aromatic nitrogens is 2. The molecule has 1 N–H and O–H groups in total. The minimum absolute atomic E-state index is 0.0197. The van der Waals surface area contributed by atoms with Gasteiger partial charge in [0.25, 0.3) is 5.66 Å². The molecule has 0 spiro atoms. The van der Waals surface area contributed by atoms with E-state index in [0.717, 1.165) is 15.7 Å². The van der Waals surface area contributed by atoms with Gasteiger partial charge < -0.3 is 5.32 Å². The molecule has 0 fully saturated rings. The van der Waals surface area contributed by atoms with E-state index in [1.165, 1.54) is 0 Å². The Bertz CT molecular complexity index is 1220. The molecule has 31 heavy (non-hydrogen) atoms. The van der Waals surface area contributed by atoms with Crippen molar-refractivity contribution in [3.8, 4) is 0 Å². The predicted molar refractivity (Wildman–Crippen MR) is 110 cm³/mol. The summed E-state index contributed by atoms with van der Waals surface area (Å²) in [5.74, 6) is -2.08. The molecule has 2 heterocycles. The van der Waals surface area contributed by atoms with Gasteiger partial charge in [-0.3, -0.25) is 14.2 Å². The summed E-state index contributed by atoms with van der Waals surface area (Å²) in [6.07, 6.45) is -5.68. The molecule has 1 unspecified atom stereocenters. The van der Waals surface area contributed by atoms with Crippen LogP contribution in [0.2, 0.25) is 5.02 Å². The molecule has 1 aliphatic rings. The molecule has 1 aromatic heterocycles. The molecule has 0 radical (unpaired) electrons. The summed E-state index contributed by atoms with van der Waals surface area (Å²) >= 11 is 6.07. The van der Waals surface area contributed by atoms with Crippen molar-refractivity contribution >= 4 is 34.3 Å². The standard InChI is InChI=1S/C22H19ClF3N3O2/c1-12-9-16-17(10-13(12)2)29-19(27-16)11-18(30)21(29,22(24,25)26)28-20(31)8-7-14-5-3-4-6-15(14)23/h3-6,9-10H,7-8,11H2,1-2H3,(H,28,31). The van der Waals surface area contributed by atoms with E-state index in [1.807, 2.05) is 12.2 Å². The molecule has 2 aromatic carbocycles. The number of halogens is 4. The SMILES string of the molecule is Cc1cc2nc3n(c2cc1C)C(NC(=O)CCc1ccccc1Cl)(C(F)(F)F)C(=O)C3. The Morgan fingerprint density at radius 3 is 2.58 bits per heavy atom. The number of nitrogens with one attached hydrogen (secondary N) is 1. The molecule has 1 atom stereocenters.